The van der Waals surface area contributed by atoms with Gasteiger partial charge in [-0.25, -0.2) is 4.79 Å². The highest BCUT2D eigenvalue weighted by Gasteiger charge is 2.13. The highest BCUT2D eigenvalue weighted by atomic mass is 16.5. The average molecular weight is 282 g/mol. The Morgan fingerprint density at radius 2 is 1.80 bits per heavy atom. The number of nitrogens with zero attached hydrogens (tertiary/aromatic N) is 1. The van der Waals surface area contributed by atoms with E-state index in [1.165, 1.54) is 0 Å². The Morgan fingerprint density at radius 3 is 2.25 bits per heavy atom. The number of carbonyl (C=O) groups is 1. The number of urea groups is 1. The van der Waals surface area contributed by atoms with E-state index >= 15 is 0 Å². The number of aliphatic hydroxyl groups excluding tert-OH is 1. The summed E-state index contributed by atoms with van der Waals surface area (Å²) in [6.45, 7) is 2.81. The summed E-state index contributed by atoms with van der Waals surface area (Å²) in [7, 11) is 3.10. The predicted octanol–water partition coefficient (Wildman–Crippen LogP) is 1.94. The molecule has 6 nitrogen and oxygen atoms in total. The minimum atomic E-state index is -0.254. The van der Waals surface area contributed by atoms with Gasteiger partial charge in [-0.05, 0) is 6.42 Å². The van der Waals surface area contributed by atoms with Crippen molar-refractivity contribution in [1.29, 1.82) is 0 Å². The van der Waals surface area contributed by atoms with E-state index in [0.29, 0.717) is 30.3 Å². The van der Waals surface area contributed by atoms with E-state index in [2.05, 4.69) is 5.32 Å². The number of carbonyl (C=O) groups excluding carboxylic acids is 1. The number of ether oxygens (including phenoxy) is 2. The molecule has 1 aromatic rings. The van der Waals surface area contributed by atoms with Crippen LogP contribution in [0.1, 0.15) is 13.3 Å². The summed E-state index contributed by atoms with van der Waals surface area (Å²) in [6.07, 6.45) is 0.828. The zero-order valence-corrected chi connectivity index (χ0v) is 12.2. The summed E-state index contributed by atoms with van der Waals surface area (Å²) in [4.78, 5) is 13.7. The Balaban J connectivity index is 2.82. The predicted molar refractivity (Wildman–Crippen MR) is 77.5 cm³/mol. The lowest BCUT2D eigenvalue weighted by molar-refractivity contribution is 0.188. The van der Waals surface area contributed by atoms with Crippen LogP contribution in [0.2, 0.25) is 0 Å². The fraction of sp³-hybridized carbons (Fsp3) is 0.500. The van der Waals surface area contributed by atoms with E-state index in [1.807, 2.05) is 6.92 Å². The molecule has 0 atom stereocenters. The third-order valence-electron chi connectivity index (χ3n) is 2.75. The van der Waals surface area contributed by atoms with Crippen molar-refractivity contribution in [2.45, 2.75) is 13.3 Å². The third-order valence-corrected chi connectivity index (χ3v) is 2.75. The lowest BCUT2D eigenvalue weighted by Gasteiger charge is -2.21. The average Bonchev–Trinajstić information content (AvgIpc) is 2.46. The van der Waals surface area contributed by atoms with Gasteiger partial charge in [0.15, 0.2) is 0 Å². The number of benzene rings is 1. The van der Waals surface area contributed by atoms with Crippen LogP contribution in [0, 0.1) is 0 Å². The smallest absolute Gasteiger partial charge is 0.321 e. The second kappa shape index (κ2) is 8.27. The molecule has 112 valence electrons. The molecular weight excluding hydrogens is 260 g/mol. The van der Waals surface area contributed by atoms with E-state index in [0.717, 1.165) is 6.42 Å². The number of hydrogen-bond acceptors (Lipinski definition) is 4. The standard InChI is InChI=1S/C14H22N2O4/c1-4-5-16(6-7-17)14(18)15-11-8-12(19-2)10-13(9-11)20-3/h8-10,17H,4-7H2,1-3H3,(H,15,18). The molecule has 2 amide bonds. The van der Waals surface area contributed by atoms with Crippen molar-refractivity contribution in [3.63, 3.8) is 0 Å². The highest BCUT2D eigenvalue weighted by Crippen LogP contribution is 2.25. The van der Waals surface area contributed by atoms with Gasteiger partial charge in [0.2, 0.25) is 0 Å². The van der Waals surface area contributed by atoms with Crippen molar-refractivity contribution in [1.82, 2.24) is 4.90 Å². The van der Waals surface area contributed by atoms with Gasteiger partial charge in [0.1, 0.15) is 11.5 Å². The van der Waals surface area contributed by atoms with Crippen LogP contribution in [-0.2, 0) is 0 Å². The second-order valence-corrected chi connectivity index (χ2v) is 4.24. The SMILES string of the molecule is CCCN(CCO)C(=O)Nc1cc(OC)cc(OC)c1. The van der Waals surface area contributed by atoms with Gasteiger partial charge in [0.25, 0.3) is 0 Å². The monoisotopic (exact) mass is 282 g/mol. The van der Waals surface area contributed by atoms with Crippen LogP contribution in [-0.4, -0.2) is 50.0 Å². The number of rotatable bonds is 7. The summed E-state index contributed by atoms with van der Waals surface area (Å²) in [5, 5.41) is 11.8. The van der Waals surface area contributed by atoms with Gasteiger partial charge in [-0.3, -0.25) is 0 Å². The quantitative estimate of drug-likeness (QED) is 0.801. The zero-order chi connectivity index (χ0) is 15.0. The van der Waals surface area contributed by atoms with E-state index in [-0.39, 0.29) is 12.6 Å². The summed E-state index contributed by atoms with van der Waals surface area (Å²) in [5.41, 5.74) is 0.588. The first-order valence-electron chi connectivity index (χ1n) is 6.54. The van der Waals surface area contributed by atoms with Crippen molar-refractivity contribution in [3.05, 3.63) is 18.2 Å². The molecule has 0 aliphatic heterocycles. The summed E-state index contributed by atoms with van der Waals surface area (Å²) < 4.78 is 10.3. The number of hydrogen-bond donors (Lipinski definition) is 2. The Morgan fingerprint density at radius 1 is 1.20 bits per heavy atom. The molecule has 0 saturated carbocycles. The minimum absolute atomic E-state index is 0.0607. The van der Waals surface area contributed by atoms with Crippen molar-refractivity contribution >= 4 is 11.7 Å². The van der Waals surface area contributed by atoms with E-state index in [9.17, 15) is 4.79 Å². The topological polar surface area (TPSA) is 71.0 Å². The first-order chi connectivity index (χ1) is 9.64. The van der Waals surface area contributed by atoms with E-state index < -0.39 is 0 Å². The van der Waals surface area contributed by atoms with Crippen molar-refractivity contribution < 1.29 is 19.4 Å². The first-order valence-corrected chi connectivity index (χ1v) is 6.54. The summed E-state index contributed by atoms with van der Waals surface area (Å²) in [5.74, 6) is 1.20. The van der Waals surface area contributed by atoms with Crippen molar-refractivity contribution in [2.75, 3.05) is 39.2 Å². The molecule has 0 aliphatic rings. The number of methoxy groups -OCH3 is 2. The first kappa shape index (κ1) is 16.1. The van der Waals surface area contributed by atoms with Crippen LogP contribution in [0.15, 0.2) is 18.2 Å². The largest absolute Gasteiger partial charge is 0.497 e. The summed E-state index contributed by atoms with van der Waals surface area (Å²) in [6, 6.07) is 4.90. The number of anilines is 1. The van der Waals surface area contributed by atoms with Gasteiger partial charge in [-0.15, -0.1) is 0 Å². The molecule has 20 heavy (non-hydrogen) atoms. The van der Waals surface area contributed by atoms with Crippen LogP contribution in [0.25, 0.3) is 0 Å². The van der Waals surface area contributed by atoms with Crippen LogP contribution in [0.4, 0.5) is 10.5 Å². The normalized spacial score (nSPS) is 10.0. The minimum Gasteiger partial charge on any atom is -0.497 e. The van der Waals surface area contributed by atoms with Crippen molar-refractivity contribution in [3.8, 4) is 11.5 Å². The Hall–Kier alpha value is -1.95. The molecule has 0 aliphatic carbocycles. The van der Waals surface area contributed by atoms with E-state index in [1.54, 1.807) is 37.3 Å². The van der Waals surface area contributed by atoms with Crippen LogP contribution < -0.4 is 14.8 Å². The Bertz CT molecular complexity index is 409. The van der Waals surface area contributed by atoms with Gasteiger partial charge in [-0.1, -0.05) is 6.92 Å². The van der Waals surface area contributed by atoms with Crippen LogP contribution in [0.3, 0.4) is 0 Å². The Kier molecular flexibility index (Phi) is 6.66. The van der Waals surface area contributed by atoms with Gasteiger partial charge in [0, 0.05) is 37.0 Å². The molecular formula is C14H22N2O4. The number of nitrogens with one attached hydrogen (secondary N) is 1. The van der Waals surface area contributed by atoms with Gasteiger partial charge >= 0.3 is 6.03 Å². The molecule has 2 N–H and O–H groups in total. The molecule has 1 rings (SSSR count). The molecule has 0 fully saturated rings. The van der Waals surface area contributed by atoms with Crippen LogP contribution >= 0.6 is 0 Å². The lowest BCUT2D eigenvalue weighted by Crippen LogP contribution is -2.37. The zero-order valence-electron chi connectivity index (χ0n) is 12.2. The maximum atomic E-state index is 12.1. The van der Waals surface area contributed by atoms with Gasteiger partial charge in [-0.2, -0.15) is 0 Å². The summed E-state index contributed by atoms with van der Waals surface area (Å²) >= 11 is 0. The molecule has 6 heteroatoms. The molecule has 1 aromatic carbocycles. The molecule has 0 aromatic heterocycles. The fourth-order valence-corrected chi connectivity index (χ4v) is 1.79. The number of amides is 2. The number of aliphatic hydroxyl groups is 1. The van der Waals surface area contributed by atoms with Crippen molar-refractivity contribution in [2.24, 2.45) is 0 Å². The Labute approximate surface area is 119 Å². The van der Waals surface area contributed by atoms with Crippen LogP contribution in [0.5, 0.6) is 11.5 Å². The highest BCUT2D eigenvalue weighted by molar-refractivity contribution is 5.89. The molecule has 0 bridgehead atoms. The van der Waals surface area contributed by atoms with Gasteiger partial charge < -0.3 is 24.8 Å². The molecule has 0 spiro atoms. The molecule has 0 heterocycles. The van der Waals surface area contributed by atoms with Gasteiger partial charge in [0.05, 0.1) is 20.8 Å². The second-order valence-electron chi connectivity index (χ2n) is 4.24. The maximum absolute atomic E-state index is 12.1. The molecule has 0 unspecified atom stereocenters. The van der Waals surface area contributed by atoms with E-state index in [4.69, 9.17) is 14.6 Å². The fourth-order valence-electron chi connectivity index (χ4n) is 1.79. The third kappa shape index (κ3) is 4.62. The molecule has 0 saturated heterocycles. The maximum Gasteiger partial charge on any atom is 0.321 e. The molecule has 0 radical (unpaired) electrons. The lowest BCUT2D eigenvalue weighted by atomic mass is 10.2.